The molecule has 0 amide bonds. The van der Waals surface area contributed by atoms with Gasteiger partial charge in [0.2, 0.25) is 0 Å². The van der Waals surface area contributed by atoms with Crippen LogP contribution in [0, 0.1) is 0 Å². The standard InChI is InChI=1S/C8H10F2O5/c1-8(9,10)7(12)15-4-6(11)14-3-5-2-13-5/h5H,2-4H2,1H3. The molecule has 0 aromatic heterocycles. The first kappa shape index (κ1) is 11.8. The summed E-state index contributed by atoms with van der Waals surface area (Å²) >= 11 is 0. The second-order valence-corrected chi connectivity index (χ2v) is 3.10. The van der Waals surface area contributed by atoms with Gasteiger partial charge in [-0.1, -0.05) is 0 Å². The lowest BCUT2D eigenvalue weighted by Gasteiger charge is -2.09. The summed E-state index contributed by atoms with van der Waals surface area (Å²) in [6.07, 6.45) is -0.114. The predicted octanol–water partition coefficient (Wildman–Crippen LogP) is 0.127. The molecule has 0 N–H and O–H groups in total. The average Bonchev–Trinajstić information content (AvgIpc) is 2.92. The number of carbonyl (C=O) groups excluding carboxylic acids is 2. The molecule has 1 rings (SSSR count). The van der Waals surface area contributed by atoms with Crippen molar-refractivity contribution >= 4 is 11.9 Å². The minimum Gasteiger partial charge on any atom is -0.460 e. The van der Waals surface area contributed by atoms with Crippen molar-refractivity contribution in [2.24, 2.45) is 0 Å². The van der Waals surface area contributed by atoms with Gasteiger partial charge in [0.05, 0.1) is 6.61 Å². The van der Waals surface area contributed by atoms with E-state index in [9.17, 15) is 18.4 Å². The van der Waals surface area contributed by atoms with Gasteiger partial charge in [-0.25, -0.2) is 9.59 Å². The molecule has 1 aliphatic rings. The third-order valence-corrected chi connectivity index (χ3v) is 1.51. The number of alkyl halides is 2. The summed E-state index contributed by atoms with van der Waals surface area (Å²) in [6.45, 7) is 0.146. The van der Waals surface area contributed by atoms with E-state index in [1.165, 1.54) is 0 Å². The molecular weight excluding hydrogens is 214 g/mol. The Morgan fingerprint density at radius 2 is 2.07 bits per heavy atom. The molecule has 1 heterocycles. The maximum absolute atomic E-state index is 12.2. The van der Waals surface area contributed by atoms with E-state index in [-0.39, 0.29) is 12.7 Å². The zero-order valence-corrected chi connectivity index (χ0v) is 8.00. The van der Waals surface area contributed by atoms with Gasteiger partial charge in [0.25, 0.3) is 0 Å². The number of hydrogen-bond donors (Lipinski definition) is 0. The molecular formula is C8H10F2O5. The zero-order valence-electron chi connectivity index (χ0n) is 8.00. The fourth-order valence-electron chi connectivity index (χ4n) is 0.643. The Morgan fingerprint density at radius 1 is 1.47 bits per heavy atom. The van der Waals surface area contributed by atoms with Crippen LogP contribution in [0.15, 0.2) is 0 Å². The van der Waals surface area contributed by atoms with Gasteiger partial charge in [-0.3, -0.25) is 0 Å². The number of halogens is 2. The Balaban J connectivity index is 2.12. The summed E-state index contributed by atoms with van der Waals surface area (Å²) < 4.78 is 37.8. The van der Waals surface area contributed by atoms with Crippen LogP contribution in [0.3, 0.4) is 0 Å². The Morgan fingerprint density at radius 3 is 2.53 bits per heavy atom. The highest BCUT2D eigenvalue weighted by molar-refractivity contribution is 5.80. The first-order valence-corrected chi connectivity index (χ1v) is 4.22. The molecule has 0 aromatic rings. The number of rotatable bonds is 5. The molecule has 5 nitrogen and oxygen atoms in total. The molecule has 0 aliphatic carbocycles. The van der Waals surface area contributed by atoms with E-state index in [1.807, 2.05) is 0 Å². The molecule has 0 radical (unpaired) electrons. The molecule has 0 bridgehead atoms. The van der Waals surface area contributed by atoms with Gasteiger partial charge >= 0.3 is 17.9 Å². The second kappa shape index (κ2) is 4.52. The molecule has 7 heteroatoms. The van der Waals surface area contributed by atoms with Crippen molar-refractivity contribution in [1.82, 2.24) is 0 Å². The van der Waals surface area contributed by atoms with Crippen LogP contribution in [0.4, 0.5) is 8.78 Å². The minimum atomic E-state index is -3.60. The molecule has 1 unspecified atom stereocenters. The SMILES string of the molecule is CC(F)(F)C(=O)OCC(=O)OCC1CO1. The Hall–Kier alpha value is -1.24. The normalized spacial score (nSPS) is 19.5. The number of ether oxygens (including phenoxy) is 3. The van der Waals surface area contributed by atoms with Gasteiger partial charge in [-0.15, -0.1) is 0 Å². The number of hydrogen-bond acceptors (Lipinski definition) is 5. The first-order chi connectivity index (χ1) is 6.89. The lowest BCUT2D eigenvalue weighted by molar-refractivity contribution is -0.175. The number of esters is 2. The van der Waals surface area contributed by atoms with Crippen molar-refractivity contribution in [2.45, 2.75) is 19.0 Å². The van der Waals surface area contributed by atoms with Gasteiger partial charge in [0.15, 0.2) is 6.61 Å². The third-order valence-electron chi connectivity index (χ3n) is 1.51. The quantitative estimate of drug-likeness (QED) is 0.490. The van der Waals surface area contributed by atoms with Crippen LogP contribution >= 0.6 is 0 Å². The summed E-state index contributed by atoms with van der Waals surface area (Å²) in [6, 6.07) is 0. The van der Waals surface area contributed by atoms with Crippen molar-refractivity contribution in [3.05, 3.63) is 0 Å². The summed E-state index contributed by atoms with van der Waals surface area (Å²) in [5.41, 5.74) is 0. The zero-order chi connectivity index (χ0) is 11.5. The van der Waals surface area contributed by atoms with Crippen LogP contribution in [-0.4, -0.2) is 43.8 Å². The van der Waals surface area contributed by atoms with E-state index in [0.29, 0.717) is 13.5 Å². The molecule has 0 saturated carbocycles. The van der Waals surface area contributed by atoms with Crippen molar-refractivity contribution in [2.75, 3.05) is 19.8 Å². The maximum atomic E-state index is 12.2. The minimum absolute atomic E-state index is 0.0545. The fourth-order valence-corrected chi connectivity index (χ4v) is 0.643. The monoisotopic (exact) mass is 224 g/mol. The van der Waals surface area contributed by atoms with Crippen molar-refractivity contribution in [3.8, 4) is 0 Å². The summed E-state index contributed by atoms with van der Waals surface area (Å²) in [7, 11) is 0. The highest BCUT2D eigenvalue weighted by Crippen LogP contribution is 2.13. The van der Waals surface area contributed by atoms with Gasteiger partial charge in [-0.05, 0) is 0 Å². The summed E-state index contributed by atoms with van der Waals surface area (Å²) in [5.74, 6) is -6.22. The second-order valence-electron chi connectivity index (χ2n) is 3.10. The fraction of sp³-hybridized carbons (Fsp3) is 0.750. The lowest BCUT2D eigenvalue weighted by Crippen LogP contribution is -2.29. The molecule has 86 valence electrons. The Bertz CT molecular complexity index is 256. The Kier molecular flexibility index (Phi) is 3.57. The molecule has 15 heavy (non-hydrogen) atoms. The van der Waals surface area contributed by atoms with Gasteiger partial charge in [-0.2, -0.15) is 8.78 Å². The molecule has 1 aliphatic heterocycles. The van der Waals surface area contributed by atoms with Gasteiger partial charge in [0.1, 0.15) is 12.7 Å². The molecule has 0 aromatic carbocycles. The van der Waals surface area contributed by atoms with Crippen LogP contribution in [0.1, 0.15) is 6.92 Å². The van der Waals surface area contributed by atoms with E-state index in [2.05, 4.69) is 9.47 Å². The molecule has 0 spiro atoms. The van der Waals surface area contributed by atoms with Crippen molar-refractivity contribution in [1.29, 1.82) is 0 Å². The largest absolute Gasteiger partial charge is 0.460 e. The summed E-state index contributed by atoms with van der Waals surface area (Å²) in [4.78, 5) is 21.3. The van der Waals surface area contributed by atoms with E-state index >= 15 is 0 Å². The van der Waals surface area contributed by atoms with E-state index in [0.717, 1.165) is 0 Å². The lowest BCUT2D eigenvalue weighted by atomic mass is 10.4. The van der Waals surface area contributed by atoms with E-state index in [4.69, 9.17) is 4.74 Å². The van der Waals surface area contributed by atoms with E-state index in [1.54, 1.807) is 0 Å². The topological polar surface area (TPSA) is 65.1 Å². The summed E-state index contributed by atoms with van der Waals surface area (Å²) in [5, 5.41) is 0. The average molecular weight is 224 g/mol. The highest BCUT2D eigenvalue weighted by Gasteiger charge is 2.35. The van der Waals surface area contributed by atoms with E-state index < -0.39 is 24.5 Å². The number of carbonyl (C=O) groups is 2. The first-order valence-electron chi connectivity index (χ1n) is 4.22. The maximum Gasteiger partial charge on any atom is 0.377 e. The van der Waals surface area contributed by atoms with Gasteiger partial charge in [0, 0.05) is 6.92 Å². The van der Waals surface area contributed by atoms with Crippen LogP contribution in [0.2, 0.25) is 0 Å². The highest BCUT2D eigenvalue weighted by atomic mass is 19.3. The number of epoxide rings is 1. The van der Waals surface area contributed by atoms with Gasteiger partial charge < -0.3 is 14.2 Å². The smallest absolute Gasteiger partial charge is 0.377 e. The molecule has 1 atom stereocenters. The van der Waals surface area contributed by atoms with Crippen LogP contribution < -0.4 is 0 Å². The van der Waals surface area contributed by atoms with Crippen LogP contribution in [0.5, 0.6) is 0 Å². The Labute approximate surface area is 84.3 Å². The van der Waals surface area contributed by atoms with Crippen LogP contribution in [-0.2, 0) is 23.8 Å². The van der Waals surface area contributed by atoms with Crippen molar-refractivity contribution < 1.29 is 32.6 Å². The van der Waals surface area contributed by atoms with Crippen LogP contribution in [0.25, 0.3) is 0 Å². The molecule has 1 fully saturated rings. The van der Waals surface area contributed by atoms with Crippen molar-refractivity contribution in [3.63, 3.8) is 0 Å². The predicted molar refractivity (Wildman–Crippen MR) is 42.3 cm³/mol. The molecule has 1 saturated heterocycles. The third kappa shape index (κ3) is 4.68.